The molecule has 0 aromatic heterocycles. The minimum atomic E-state index is -1.14. The van der Waals surface area contributed by atoms with Gasteiger partial charge in [0, 0.05) is 18.1 Å². The van der Waals surface area contributed by atoms with Crippen LogP contribution in [0.1, 0.15) is 17.3 Å². The zero-order valence-corrected chi connectivity index (χ0v) is 11.9. The summed E-state index contributed by atoms with van der Waals surface area (Å²) >= 11 is 5.66. The summed E-state index contributed by atoms with van der Waals surface area (Å²) in [5.41, 5.74) is -0.107. The van der Waals surface area contributed by atoms with Crippen molar-refractivity contribution in [3.05, 3.63) is 28.8 Å². The first-order chi connectivity index (χ1) is 9.90. The second-order valence-electron chi connectivity index (χ2n) is 4.43. The monoisotopic (exact) mass is 312 g/mol. The lowest BCUT2D eigenvalue weighted by Crippen LogP contribution is -2.41. The van der Waals surface area contributed by atoms with Crippen LogP contribution in [0.4, 0.5) is 4.79 Å². The average molecular weight is 313 g/mol. The maximum Gasteiger partial charge on any atom is 0.342 e. The number of hydrogen-bond donors (Lipinski definition) is 2. The third kappa shape index (κ3) is 3.25. The molecular formula is C13H13ClN2O5. The highest BCUT2D eigenvalue weighted by Crippen LogP contribution is 2.23. The quantitative estimate of drug-likeness (QED) is 0.816. The van der Waals surface area contributed by atoms with Gasteiger partial charge in [0.15, 0.2) is 6.10 Å². The topological polar surface area (TPSA) is 95.9 Å². The Morgan fingerprint density at radius 1 is 1.48 bits per heavy atom. The Kier molecular flexibility index (Phi) is 4.32. The van der Waals surface area contributed by atoms with Crippen molar-refractivity contribution in [2.45, 2.75) is 13.0 Å². The zero-order valence-electron chi connectivity index (χ0n) is 11.1. The van der Waals surface area contributed by atoms with Gasteiger partial charge in [-0.1, -0.05) is 11.6 Å². The summed E-state index contributed by atoms with van der Waals surface area (Å²) in [6, 6.07) is 3.38. The molecule has 8 heteroatoms. The van der Waals surface area contributed by atoms with E-state index in [0.29, 0.717) is 6.54 Å². The van der Waals surface area contributed by atoms with Gasteiger partial charge in [-0.3, -0.25) is 9.69 Å². The first-order valence-electron chi connectivity index (χ1n) is 6.19. The molecule has 1 aromatic carbocycles. The molecule has 1 fully saturated rings. The number of imide groups is 1. The number of phenols is 1. The van der Waals surface area contributed by atoms with Gasteiger partial charge < -0.3 is 15.2 Å². The van der Waals surface area contributed by atoms with Crippen LogP contribution in [0.25, 0.3) is 0 Å². The molecule has 1 saturated heterocycles. The Labute approximate surface area is 125 Å². The number of amides is 3. The summed E-state index contributed by atoms with van der Waals surface area (Å²) in [6.45, 7) is 1.95. The van der Waals surface area contributed by atoms with Crippen molar-refractivity contribution in [1.82, 2.24) is 10.2 Å². The maximum atomic E-state index is 12.0. The van der Waals surface area contributed by atoms with Crippen molar-refractivity contribution in [1.29, 1.82) is 0 Å². The number of aromatic hydroxyl groups is 1. The number of hydrogen-bond acceptors (Lipinski definition) is 5. The highest BCUT2D eigenvalue weighted by atomic mass is 35.5. The van der Waals surface area contributed by atoms with Gasteiger partial charge in [0.25, 0.3) is 5.91 Å². The van der Waals surface area contributed by atoms with Crippen molar-refractivity contribution in [3.8, 4) is 5.75 Å². The molecule has 0 saturated carbocycles. The van der Waals surface area contributed by atoms with Crippen LogP contribution in [-0.4, -0.2) is 47.1 Å². The zero-order chi connectivity index (χ0) is 15.6. The first-order valence-corrected chi connectivity index (χ1v) is 6.56. The minimum Gasteiger partial charge on any atom is -0.507 e. The number of esters is 1. The SMILES string of the molecule is C[C@@H](OC(=O)c1ccc(Cl)cc1O)C(=O)N1CCNC1=O. The molecule has 0 unspecified atom stereocenters. The summed E-state index contributed by atoms with van der Waals surface area (Å²) in [5, 5.41) is 12.4. The van der Waals surface area contributed by atoms with Gasteiger partial charge in [0.1, 0.15) is 11.3 Å². The van der Waals surface area contributed by atoms with E-state index < -0.39 is 24.0 Å². The maximum absolute atomic E-state index is 12.0. The van der Waals surface area contributed by atoms with E-state index in [4.69, 9.17) is 16.3 Å². The Bertz CT molecular complexity index is 604. The summed E-state index contributed by atoms with van der Waals surface area (Å²) in [7, 11) is 0. The third-order valence-electron chi connectivity index (χ3n) is 2.93. The van der Waals surface area contributed by atoms with E-state index in [1.807, 2.05) is 0 Å². The van der Waals surface area contributed by atoms with Crippen molar-refractivity contribution in [3.63, 3.8) is 0 Å². The number of benzene rings is 1. The Morgan fingerprint density at radius 3 is 2.76 bits per heavy atom. The minimum absolute atomic E-state index is 0.107. The van der Waals surface area contributed by atoms with Gasteiger partial charge >= 0.3 is 12.0 Å². The molecule has 0 spiro atoms. The van der Waals surface area contributed by atoms with E-state index in [-0.39, 0.29) is 22.9 Å². The average Bonchev–Trinajstić information content (AvgIpc) is 2.83. The molecule has 0 radical (unpaired) electrons. The number of ether oxygens (including phenoxy) is 1. The second-order valence-corrected chi connectivity index (χ2v) is 4.87. The van der Waals surface area contributed by atoms with Gasteiger partial charge in [-0.25, -0.2) is 9.59 Å². The molecule has 1 heterocycles. The fraction of sp³-hybridized carbons (Fsp3) is 0.308. The van der Waals surface area contributed by atoms with Crippen LogP contribution in [0.5, 0.6) is 5.75 Å². The van der Waals surface area contributed by atoms with Crippen LogP contribution >= 0.6 is 11.6 Å². The lowest BCUT2D eigenvalue weighted by molar-refractivity contribution is -0.136. The molecule has 2 rings (SSSR count). The predicted octanol–water partition coefficient (Wildman–Crippen LogP) is 1.14. The molecule has 1 aromatic rings. The van der Waals surface area contributed by atoms with Gasteiger partial charge in [-0.2, -0.15) is 0 Å². The molecule has 0 bridgehead atoms. The molecule has 2 N–H and O–H groups in total. The van der Waals surface area contributed by atoms with Crippen LogP contribution in [-0.2, 0) is 9.53 Å². The highest BCUT2D eigenvalue weighted by Gasteiger charge is 2.32. The number of nitrogens with one attached hydrogen (secondary N) is 1. The fourth-order valence-electron chi connectivity index (χ4n) is 1.85. The summed E-state index contributed by atoms with van der Waals surface area (Å²) < 4.78 is 4.97. The first kappa shape index (κ1) is 15.1. The van der Waals surface area contributed by atoms with Gasteiger partial charge in [-0.15, -0.1) is 0 Å². The molecular weight excluding hydrogens is 300 g/mol. The van der Waals surface area contributed by atoms with E-state index in [2.05, 4.69) is 5.32 Å². The smallest absolute Gasteiger partial charge is 0.342 e. The predicted molar refractivity (Wildman–Crippen MR) is 73.1 cm³/mol. The van der Waals surface area contributed by atoms with Crippen molar-refractivity contribution in [2.75, 3.05) is 13.1 Å². The number of carbonyl (C=O) groups excluding carboxylic acids is 3. The fourth-order valence-corrected chi connectivity index (χ4v) is 2.02. The van der Waals surface area contributed by atoms with Crippen LogP contribution < -0.4 is 5.32 Å². The Balaban J connectivity index is 2.05. The Morgan fingerprint density at radius 2 is 2.19 bits per heavy atom. The van der Waals surface area contributed by atoms with Crippen LogP contribution in [0.15, 0.2) is 18.2 Å². The van der Waals surface area contributed by atoms with E-state index >= 15 is 0 Å². The van der Waals surface area contributed by atoms with E-state index in [9.17, 15) is 19.5 Å². The molecule has 21 heavy (non-hydrogen) atoms. The lowest BCUT2D eigenvalue weighted by Gasteiger charge is -2.18. The third-order valence-corrected chi connectivity index (χ3v) is 3.17. The number of carbonyl (C=O) groups is 3. The molecule has 0 aliphatic carbocycles. The molecule has 3 amide bonds. The summed E-state index contributed by atoms with van der Waals surface area (Å²) in [5.74, 6) is -1.83. The standard InChI is InChI=1S/C13H13ClN2O5/c1-7(11(18)16-5-4-15-13(16)20)21-12(19)9-3-2-8(14)6-10(9)17/h2-3,6-7,17H,4-5H2,1H3,(H,15,20)/t7-/m1/s1. The second kappa shape index (κ2) is 6.01. The molecule has 1 atom stereocenters. The lowest BCUT2D eigenvalue weighted by atomic mass is 10.2. The summed E-state index contributed by atoms with van der Waals surface area (Å²) in [4.78, 5) is 36.2. The van der Waals surface area contributed by atoms with Crippen molar-refractivity contribution in [2.24, 2.45) is 0 Å². The number of halogens is 1. The van der Waals surface area contributed by atoms with Gasteiger partial charge in [0.2, 0.25) is 0 Å². The van der Waals surface area contributed by atoms with Gasteiger partial charge in [0.05, 0.1) is 0 Å². The van der Waals surface area contributed by atoms with E-state index in [1.165, 1.54) is 25.1 Å². The number of urea groups is 1. The number of nitrogens with zero attached hydrogens (tertiary/aromatic N) is 1. The molecule has 1 aliphatic rings. The largest absolute Gasteiger partial charge is 0.507 e. The van der Waals surface area contributed by atoms with E-state index in [0.717, 1.165) is 4.90 Å². The summed E-state index contributed by atoms with van der Waals surface area (Å²) in [6.07, 6.45) is -1.14. The number of rotatable bonds is 3. The molecule has 112 valence electrons. The number of phenolic OH excluding ortho intramolecular Hbond substituents is 1. The normalized spacial score (nSPS) is 15.5. The highest BCUT2D eigenvalue weighted by molar-refractivity contribution is 6.30. The molecule has 7 nitrogen and oxygen atoms in total. The van der Waals surface area contributed by atoms with Crippen LogP contribution in [0.3, 0.4) is 0 Å². The van der Waals surface area contributed by atoms with Gasteiger partial charge in [-0.05, 0) is 25.1 Å². The van der Waals surface area contributed by atoms with Crippen LogP contribution in [0, 0.1) is 0 Å². The van der Waals surface area contributed by atoms with Crippen molar-refractivity contribution < 1.29 is 24.2 Å². The van der Waals surface area contributed by atoms with Crippen molar-refractivity contribution >= 4 is 29.5 Å². The van der Waals surface area contributed by atoms with E-state index in [1.54, 1.807) is 0 Å². The molecule has 1 aliphatic heterocycles. The Hall–Kier alpha value is -2.28. The van der Waals surface area contributed by atoms with Crippen LogP contribution in [0.2, 0.25) is 5.02 Å².